The molecule has 1 saturated heterocycles. The summed E-state index contributed by atoms with van der Waals surface area (Å²) in [5.74, 6) is 2.85. The van der Waals surface area contributed by atoms with Gasteiger partial charge in [-0.05, 0) is 38.8 Å². The van der Waals surface area contributed by atoms with Crippen molar-refractivity contribution < 1.29 is 9.32 Å². The minimum atomic E-state index is -0.0471. The first-order chi connectivity index (χ1) is 13.0. The minimum Gasteiger partial charge on any atom is -0.361 e. The van der Waals surface area contributed by atoms with Crippen LogP contribution in [0.25, 0.3) is 5.65 Å². The Bertz CT molecular complexity index is 1010. The van der Waals surface area contributed by atoms with Crippen molar-refractivity contribution in [3.05, 3.63) is 35.0 Å². The molecule has 0 aromatic carbocycles. The summed E-state index contributed by atoms with van der Waals surface area (Å²) in [6.45, 7) is 5.04. The van der Waals surface area contributed by atoms with Crippen molar-refractivity contribution in [1.29, 1.82) is 0 Å². The van der Waals surface area contributed by atoms with Gasteiger partial charge in [0.1, 0.15) is 17.1 Å². The first-order valence-corrected chi connectivity index (χ1v) is 9.20. The Morgan fingerprint density at radius 1 is 1.22 bits per heavy atom. The number of hydrogen-bond donors (Lipinski definition) is 0. The molecule has 140 valence electrons. The number of aromatic nitrogens is 5. The first kappa shape index (κ1) is 16.2. The molecule has 3 aromatic rings. The van der Waals surface area contributed by atoms with Crippen LogP contribution in [0.2, 0.25) is 0 Å². The molecule has 5 rings (SSSR count). The van der Waals surface area contributed by atoms with Crippen LogP contribution in [-0.4, -0.2) is 62.0 Å². The van der Waals surface area contributed by atoms with Gasteiger partial charge in [0, 0.05) is 26.1 Å². The fraction of sp³-hybridized carbons (Fsp3) is 0.500. The number of aryl methyl sites for hydroxylation is 2. The van der Waals surface area contributed by atoms with E-state index in [0.29, 0.717) is 22.9 Å². The summed E-state index contributed by atoms with van der Waals surface area (Å²) < 4.78 is 6.98. The summed E-state index contributed by atoms with van der Waals surface area (Å²) >= 11 is 0. The summed E-state index contributed by atoms with van der Waals surface area (Å²) in [5, 5.41) is 17.1. The molecular formula is C18H21N7O2. The minimum absolute atomic E-state index is 0.0471. The zero-order chi connectivity index (χ0) is 18.7. The lowest BCUT2D eigenvalue weighted by Crippen LogP contribution is -2.60. The predicted molar refractivity (Wildman–Crippen MR) is 96.8 cm³/mol. The average Bonchev–Trinajstić information content (AvgIpc) is 3.29. The number of likely N-dealkylation sites (N-methyl/N-ethyl adjacent to an activating group) is 1. The molecule has 27 heavy (non-hydrogen) atoms. The third-order valence-electron chi connectivity index (χ3n) is 5.52. The van der Waals surface area contributed by atoms with Crippen LogP contribution in [0.5, 0.6) is 0 Å². The average molecular weight is 367 g/mol. The van der Waals surface area contributed by atoms with Gasteiger partial charge in [-0.25, -0.2) is 0 Å². The second kappa shape index (κ2) is 5.77. The number of carbonyl (C=O) groups excluding carboxylic acids is 1. The van der Waals surface area contributed by atoms with Gasteiger partial charge in [-0.15, -0.1) is 15.3 Å². The molecule has 0 atom stereocenters. The number of fused-ring (bicyclic) bond motifs is 1. The highest BCUT2D eigenvalue weighted by Crippen LogP contribution is 2.38. The maximum atomic E-state index is 12.8. The lowest BCUT2D eigenvalue weighted by Gasteiger charge is -2.44. The standard InChI is InChI=1S/C18H21N7O2/c1-10-16(11(2)27-22-10)18(26)23(3)13-8-24(9-13)15-7-6-14-19-20-17(12-4-5-12)25(14)21-15/h6-7,12-13H,4-5,8-9H2,1-3H3. The van der Waals surface area contributed by atoms with Crippen molar-refractivity contribution in [2.24, 2.45) is 0 Å². The van der Waals surface area contributed by atoms with E-state index in [4.69, 9.17) is 9.62 Å². The van der Waals surface area contributed by atoms with Gasteiger partial charge >= 0.3 is 0 Å². The molecule has 0 radical (unpaired) electrons. The van der Waals surface area contributed by atoms with Crippen molar-refractivity contribution in [2.45, 2.75) is 38.6 Å². The van der Waals surface area contributed by atoms with Crippen LogP contribution in [0.15, 0.2) is 16.7 Å². The van der Waals surface area contributed by atoms with Gasteiger partial charge in [-0.2, -0.15) is 4.52 Å². The van der Waals surface area contributed by atoms with E-state index in [1.807, 2.05) is 23.7 Å². The van der Waals surface area contributed by atoms with Crippen molar-refractivity contribution in [3.63, 3.8) is 0 Å². The van der Waals surface area contributed by atoms with Crippen LogP contribution in [-0.2, 0) is 0 Å². The monoisotopic (exact) mass is 367 g/mol. The van der Waals surface area contributed by atoms with Crippen LogP contribution < -0.4 is 4.90 Å². The summed E-state index contributed by atoms with van der Waals surface area (Å²) in [4.78, 5) is 16.7. The molecule has 1 aliphatic heterocycles. The van der Waals surface area contributed by atoms with E-state index in [1.54, 1.807) is 18.7 Å². The van der Waals surface area contributed by atoms with Gasteiger partial charge in [-0.1, -0.05) is 5.16 Å². The summed E-state index contributed by atoms with van der Waals surface area (Å²) in [5.41, 5.74) is 1.98. The Morgan fingerprint density at radius 2 is 2.00 bits per heavy atom. The second-order valence-electron chi connectivity index (χ2n) is 7.47. The maximum absolute atomic E-state index is 12.8. The Hall–Kier alpha value is -2.97. The molecule has 1 saturated carbocycles. The van der Waals surface area contributed by atoms with E-state index in [1.165, 1.54) is 0 Å². The summed E-state index contributed by atoms with van der Waals surface area (Å²) in [6, 6.07) is 4.05. The van der Waals surface area contributed by atoms with Gasteiger partial charge in [-0.3, -0.25) is 4.79 Å². The zero-order valence-corrected chi connectivity index (χ0v) is 15.6. The van der Waals surface area contributed by atoms with Gasteiger partial charge in [0.05, 0.1) is 11.7 Å². The second-order valence-corrected chi connectivity index (χ2v) is 7.47. The highest BCUT2D eigenvalue weighted by Gasteiger charge is 2.36. The van der Waals surface area contributed by atoms with E-state index in [9.17, 15) is 4.79 Å². The van der Waals surface area contributed by atoms with Gasteiger partial charge in [0.2, 0.25) is 0 Å². The number of nitrogens with zero attached hydrogens (tertiary/aromatic N) is 7. The Labute approximate surface area is 155 Å². The fourth-order valence-electron chi connectivity index (χ4n) is 3.58. The molecule has 9 heteroatoms. The number of amides is 1. The van der Waals surface area contributed by atoms with Crippen LogP contribution >= 0.6 is 0 Å². The maximum Gasteiger partial charge on any atom is 0.259 e. The molecule has 0 unspecified atom stereocenters. The topological polar surface area (TPSA) is 92.7 Å². The molecule has 4 heterocycles. The summed E-state index contributed by atoms with van der Waals surface area (Å²) in [6.07, 6.45) is 2.32. The first-order valence-electron chi connectivity index (χ1n) is 9.20. The third-order valence-corrected chi connectivity index (χ3v) is 5.52. The van der Waals surface area contributed by atoms with Crippen molar-refractivity contribution >= 4 is 17.4 Å². The molecule has 0 bridgehead atoms. The number of anilines is 1. The van der Waals surface area contributed by atoms with Crippen LogP contribution in [0, 0.1) is 13.8 Å². The Morgan fingerprint density at radius 3 is 2.67 bits per heavy atom. The zero-order valence-electron chi connectivity index (χ0n) is 15.6. The van der Waals surface area contributed by atoms with E-state index in [-0.39, 0.29) is 11.9 Å². The normalized spacial score (nSPS) is 17.4. The van der Waals surface area contributed by atoms with Gasteiger partial charge < -0.3 is 14.3 Å². The predicted octanol–water partition coefficient (Wildman–Crippen LogP) is 1.57. The van der Waals surface area contributed by atoms with E-state index in [2.05, 4.69) is 20.3 Å². The smallest absolute Gasteiger partial charge is 0.259 e. The lowest BCUT2D eigenvalue weighted by atomic mass is 10.1. The molecule has 9 nitrogen and oxygen atoms in total. The summed E-state index contributed by atoms with van der Waals surface area (Å²) in [7, 11) is 1.83. The van der Waals surface area contributed by atoms with Crippen molar-refractivity contribution in [3.8, 4) is 0 Å². The molecule has 1 aliphatic carbocycles. The quantitative estimate of drug-likeness (QED) is 0.691. The van der Waals surface area contributed by atoms with Crippen molar-refractivity contribution in [1.82, 2.24) is 29.9 Å². The SMILES string of the molecule is Cc1noc(C)c1C(=O)N(C)C1CN(c2ccc3nnc(C4CC4)n3n2)C1. The van der Waals surface area contributed by atoms with Crippen LogP contribution in [0.1, 0.15) is 46.4 Å². The Kier molecular flexibility index (Phi) is 3.46. The molecule has 0 N–H and O–H groups in total. The van der Waals surface area contributed by atoms with Crippen molar-refractivity contribution in [2.75, 3.05) is 25.0 Å². The molecular weight excluding hydrogens is 346 g/mol. The molecule has 1 amide bonds. The third kappa shape index (κ3) is 2.56. The largest absolute Gasteiger partial charge is 0.361 e. The van der Waals surface area contributed by atoms with Crippen LogP contribution in [0.4, 0.5) is 5.82 Å². The van der Waals surface area contributed by atoms with E-state index < -0.39 is 0 Å². The van der Waals surface area contributed by atoms with Crippen LogP contribution in [0.3, 0.4) is 0 Å². The van der Waals surface area contributed by atoms with E-state index in [0.717, 1.165) is 43.2 Å². The van der Waals surface area contributed by atoms with E-state index >= 15 is 0 Å². The molecule has 0 spiro atoms. The molecule has 3 aromatic heterocycles. The number of hydrogen-bond acceptors (Lipinski definition) is 7. The lowest BCUT2D eigenvalue weighted by molar-refractivity contribution is 0.0702. The Balaban J connectivity index is 1.31. The molecule has 2 aliphatic rings. The number of rotatable bonds is 4. The highest BCUT2D eigenvalue weighted by atomic mass is 16.5. The molecule has 2 fully saturated rings. The number of carbonyl (C=O) groups is 1. The van der Waals surface area contributed by atoms with Gasteiger partial charge in [0.25, 0.3) is 5.91 Å². The van der Waals surface area contributed by atoms with Gasteiger partial charge in [0.15, 0.2) is 11.5 Å². The fourth-order valence-corrected chi connectivity index (χ4v) is 3.58. The highest BCUT2D eigenvalue weighted by molar-refractivity contribution is 5.96.